The first kappa shape index (κ1) is 8.47. The van der Waals surface area contributed by atoms with Crippen molar-refractivity contribution in [2.24, 2.45) is 13.0 Å². The van der Waals surface area contributed by atoms with Crippen LogP contribution in [0.15, 0.2) is 12.5 Å². The highest BCUT2D eigenvalue weighted by Gasteiger charge is 2.15. The van der Waals surface area contributed by atoms with Crippen LogP contribution in [-0.2, 0) is 7.05 Å². The van der Waals surface area contributed by atoms with Crippen LogP contribution in [-0.4, -0.2) is 15.3 Å². The first-order valence-electron chi connectivity index (χ1n) is 3.57. The standard InChI is InChI=1S/C8H9N3O/c1-6(3-9)8(12)7-4-11(2)5-10-7/h4-6H,1-2H3/t6-/m1/s1. The maximum Gasteiger partial charge on any atom is 0.199 e. The molecule has 1 heterocycles. The second kappa shape index (κ2) is 3.18. The van der Waals surface area contributed by atoms with E-state index < -0.39 is 5.92 Å². The lowest BCUT2D eigenvalue weighted by molar-refractivity contribution is 0.0952. The van der Waals surface area contributed by atoms with Crippen molar-refractivity contribution in [3.05, 3.63) is 18.2 Å². The average molecular weight is 163 g/mol. The lowest BCUT2D eigenvalue weighted by atomic mass is 10.1. The van der Waals surface area contributed by atoms with E-state index in [1.165, 1.54) is 6.33 Å². The second-order valence-electron chi connectivity index (χ2n) is 2.64. The van der Waals surface area contributed by atoms with Gasteiger partial charge in [-0.05, 0) is 6.92 Å². The van der Waals surface area contributed by atoms with E-state index in [-0.39, 0.29) is 5.78 Å². The Morgan fingerprint density at radius 2 is 2.50 bits per heavy atom. The zero-order valence-electron chi connectivity index (χ0n) is 6.98. The van der Waals surface area contributed by atoms with Crippen LogP contribution in [0.5, 0.6) is 0 Å². The summed E-state index contributed by atoms with van der Waals surface area (Å²) in [6.45, 7) is 1.57. The van der Waals surface area contributed by atoms with E-state index in [0.717, 1.165) is 0 Å². The lowest BCUT2D eigenvalue weighted by Crippen LogP contribution is -2.09. The topological polar surface area (TPSA) is 58.7 Å². The predicted molar refractivity (Wildman–Crippen MR) is 42.3 cm³/mol. The van der Waals surface area contributed by atoms with Gasteiger partial charge in [-0.15, -0.1) is 0 Å². The highest BCUT2D eigenvalue weighted by atomic mass is 16.1. The van der Waals surface area contributed by atoms with Gasteiger partial charge in [-0.25, -0.2) is 4.98 Å². The highest BCUT2D eigenvalue weighted by Crippen LogP contribution is 2.04. The van der Waals surface area contributed by atoms with Gasteiger partial charge in [-0.3, -0.25) is 4.79 Å². The molecule has 0 saturated heterocycles. The number of aromatic nitrogens is 2. The zero-order valence-corrected chi connectivity index (χ0v) is 6.98. The molecular weight excluding hydrogens is 154 g/mol. The summed E-state index contributed by atoms with van der Waals surface area (Å²) in [4.78, 5) is 15.1. The minimum atomic E-state index is -0.611. The van der Waals surface area contributed by atoms with Crippen LogP contribution in [0.1, 0.15) is 17.4 Å². The van der Waals surface area contributed by atoms with Gasteiger partial charge in [0, 0.05) is 13.2 Å². The first-order valence-corrected chi connectivity index (χ1v) is 3.57. The molecule has 4 nitrogen and oxygen atoms in total. The van der Waals surface area contributed by atoms with E-state index in [1.54, 1.807) is 24.7 Å². The predicted octanol–water partition coefficient (Wildman–Crippen LogP) is 0.762. The van der Waals surface area contributed by atoms with E-state index in [2.05, 4.69) is 4.98 Å². The molecular formula is C8H9N3O. The summed E-state index contributed by atoms with van der Waals surface area (Å²) in [6.07, 6.45) is 3.15. The molecule has 0 bridgehead atoms. The van der Waals surface area contributed by atoms with Gasteiger partial charge in [0.05, 0.1) is 12.4 Å². The van der Waals surface area contributed by atoms with Crippen molar-refractivity contribution in [1.29, 1.82) is 5.26 Å². The van der Waals surface area contributed by atoms with E-state index in [0.29, 0.717) is 5.69 Å². The van der Waals surface area contributed by atoms with Crippen molar-refractivity contribution in [3.8, 4) is 6.07 Å². The Morgan fingerprint density at radius 1 is 1.83 bits per heavy atom. The summed E-state index contributed by atoms with van der Waals surface area (Å²) >= 11 is 0. The number of nitriles is 1. The van der Waals surface area contributed by atoms with Crippen LogP contribution in [0, 0.1) is 17.2 Å². The van der Waals surface area contributed by atoms with Crippen LogP contribution in [0.2, 0.25) is 0 Å². The highest BCUT2D eigenvalue weighted by molar-refractivity contribution is 5.97. The molecule has 62 valence electrons. The van der Waals surface area contributed by atoms with E-state index in [4.69, 9.17) is 5.26 Å². The summed E-state index contributed by atoms with van der Waals surface area (Å²) < 4.78 is 1.68. The fourth-order valence-electron chi connectivity index (χ4n) is 0.821. The third-order valence-corrected chi connectivity index (χ3v) is 1.54. The number of carbonyl (C=O) groups excluding carboxylic acids is 1. The first-order chi connectivity index (χ1) is 5.65. The van der Waals surface area contributed by atoms with Gasteiger partial charge in [-0.1, -0.05) is 0 Å². The molecule has 12 heavy (non-hydrogen) atoms. The molecule has 0 aliphatic rings. The Kier molecular flexibility index (Phi) is 2.24. The molecule has 1 rings (SSSR count). The number of carbonyl (C=O) groups is 1. The van der Waals surface area contributed by atoms with E-state index >= 15 is 0 Å². The van der Waals surface area contributed by atoms with Crippen molar-refractivity contribution >= 4 is 5.78 Å². The number of hydrogen-bond acceptors (Lipinski definition) is 3. The number of hydrogen-bond donors (Lipinski definition) is 0. The summed E-state index contributed by atoms with van der Waals surface area (Å²) in [5.41, 5.74) is 0.353. The van der Waals surface area contributed by atoms with Crippen molar-refractivity contribution in [1.82, 2.24) is 9.55 Å². The van der Waals surface area contributed by atoms with Crippen LogP contribution in [0.3, 0.4) is 0 Å². The van der Waals surface area contributed by atoms with Gasteiger partial charge in [-0.2, -0.15) is 5.26 Å². The number of Topliss-reactive ketones (excluding diaryl/α,β-unsaturated/α-hetero) is 1. The molecule has 1 aromatic heterocycles. The van der Waals surface area contributed by atoms with Crippen molar-refractivity contribution in [3.63, 3.8) is 0 Å². The fraction of sp³-hybridized carbons (Fsp3) is 0.375. The maximum atomic E-state index is 11.3. The van der Waals surface area contributed by atoms with E-state index in [1.807, 2.05) is 6.07 Å². The van der Waals surface area contributed by atoms with Crippen molar-refractivity contribution in [2.75, 3.05) is 0 Å². The quantitative estimate of drug-likeness (QED) is 0.605. The van der Waals surface area contributed by atoms with E-state index in [9.17, 15) is 4.79 Å². The number of rotatable bonds is 2. The molecule has 1 atom stereocenters. The SMILES string of the molecule is C[C@H](C#N)C(=O)c1cn(C)cn1. The van der Waals surface area contributed by atoms with Crippen LogP contribution in [0.4, 0.5) is 0 Å². The van der Waals surface area contributed by atoms with Crippen molar-refractivity contribution in [2.45, 2.75) is 6.92 Å². The molecule has 0 saturated carbocycles. The number of nitrogens with zero attached hydrogens (tertiary/aromatic N) is 3. The summed E-state index contributed by atoms with van der Waals surface area (Å²) in [7, 11) is 1.78. The minimum Gasteiger partial charge on any atom is -0.340 e. The monoisotopic (exact) mass is 163 g/mol. The van der Waals surface area contributed by atoms with Gasteiger partial charge >= 0.3 is 0 Å². The third-order valence-electron chi connectivity index (χ3n) is 1.54. The Labute approximate surface area is 70.4 Å². The molecule has 0 unspecified atom stereocenters. The van der Waals surface area contributed by atoms with Gasteiger partial charge in [0.15, 0.2) is 5.78 Å². The molecule has 0 fully saturated rings. The molecule has 0 N–H and O–H groups in total. The smallest absolute Gasteiger partial charge is 0.199 e. The number of aryl methyl sites for hydroxylation is 1. The second-order valence-corrected chi connectivity index (χ2v) is 2.64. The molecule has 1 aromatic rings. The lowest BCUT2D eigenvalue weighted by Gasteiger charge is -1.95. The van der Waals surface area contributed by atoms with Gasteiger partial charge in [0.25, 0.3) is 0 Å². The molecule has 0 aromatic carbocycles. The van der Waals surface area contributed by atoms with Crippen molar-refractivity contribution < 1.29 is 4.79 Å². The maximum absolute atomic E-state index is 11.3. The number of imidazole rings is 1. The van der Waals surface area contributed by atoms with Gasteiger partial charge in [0.1, 0.15) is 11.6 Å². The molecule has 0 radical (unpaired) electrons. The average Bonchev–Trinajstić information content (AvgIpc) is 2.49. The Balaban J connectivity index is 2.87. The Hall–Kier alpha value is -1.63. The van der Waals surface area contributed by atoms with Crippen LogP contribution < -0.4 is 0 Å². The summed E-state index contributed by atoms with van der Waals surface area (Å²) in [6, 6.07) is 1.87. The molecule has 0 aliphatic carbocycles. The number of ketones is 1. The minimum absolute atomic E-state index is 0.224. The molecule has 0 aliphatic heterocycles. The van der Waals surface area contributed by atoms with Crippen LogP contribution >= 0.6 is 0 Å². The zero-order chi connectivity index (χ0) is 9.14. The summed E-state index contributed by atoms with van der Waals surface area (Å²) in [5.74, 6) is -0.835. The third kappa shape index (κ3) is 1.51. The Bertz CT molecular complexity index is 334. The Morgan fingerprint density at radius 3 is 2.92 bits per heavy atom. The van der Waals surface area contributed by atoms with Gasteiger partial charge < -0.3 is 4.57 Å². The molecule has 4 heteroatoms. The molecule has 0 spiro atoms. The largest absolute Gasteiger partial charge is 0.340 e. The normalized spacial score (nSPS) is 12.1. The van der Waals surface area contributed by atoms with Gasteiger partial charge in [0.2, 0.25) is 0 Å². The van der Waals surface area contributed by atoms with Crippen LogP contribution in [0.25, 0.3) is 0 Å². The summed E-state index contributed by atoms with van der Waals surface area (Å²) in [5, 5.41) is 8.47. The molecule has 0 amide bonds. The fourth-order valence-corrected chi connectivity index (χ4v) is 0.821.